The predicted octanol–water partition coefficient (Wildman–Crippen LogP) is 3.71. The topological polar surface area (TPSA) is 54.9 Å². The number of amides is 1. The Morgan fingerprint density at radius 2 is 2.30 bits per heavy atom. The van der Waals surface area contributed by atoms with E-state index in [0.29, 0.717) is 17.3 Å². The van der Waals surface area contributed by atoms with Crippen molar-refractivity contribution >= 4 is 34.1 Å². The van der Waals surface area contributed by atoms with Crippen LogP contribution in [0.5, 0.6) is 0 Å². The smallest absolute Gasteiger partial charge is 0.226 e. The van der Waals surface area contributed by atoms with Crippen LogP contribution in [0.25, 0.3) is 0 Å². The Morgan fingerprint density at radius 3 is 3.05 bits per heavy atom. The largest absolute Gasteiger partial charge is 0.301 e. The number of hydrogen-bond donors (Lipinski definition) is 1. The molecule has 0 saturated carbocycles. The number of thioether (sulfide) groups is 1. The van der Waals surface area contributed by atoms with Crippen molar-refractivity contribution in [1.29, 1.82) is 0 Å². The normalized spacial score (nSPS) is 10.5. The first-order valence-electron chi connectivity index (χ1n) is 6.18. The van der Waals surface area contributed by atoms with Crippen molar-refractivity contribution in [2.45, 2.75) is 29.9 Å². The zero-order valence-electron chi connectivity index (χ0n) is 10.9. The molecule has 4 nitrogen and oxygen atoms in total. The molecule has 0 saturated heterocycles. The summed E-state index contributed by atoms with van der Waals surface area (Å²) in [4.78, 5) is 11.4. The number of aromatic nitrogens is 2. The van der Waals surface area contributed by atoms with Crippen LogP contribution in [0.2, 0.25) is 0 Å². The van der Waals surface area contributed by atoms with Crippen LogP contribution in [0.4, 0.5) is 9.52 Å². The molecule has 0 aliphatic heterocycles. The predicted molar refractivity (Wildman–Crippen MR) is 79.4 cm³/mol. The second kappa shape index (κ2) is 7.35. The van der Waals surface area contributed by atoms with E-state index in [1.807, 2.05) is 13.0 Å². The highest BCUT2D eigenvalue weighted by molar-refractivity contribution is 8.00. The lowest BCUT2D eigenvalue weighted by atomic mass is 10.2. The van der Waals surface area contributed by atoms with Gasteiger partial charge in [0, 0.05) is 12.2 Å². The molecule has 2 rings (SSSR count). The summed E-state index contributed by atoms with van der Waals surface area (Å²) in [6.07, 6.45) is 1.27. The minimum Gasteiger partial charge on any atom is -0.301 e. The average Bonchev–Trinajstić information content (AvgIpc) is 2.84. The van der Waals surface area contributed by atoms with Crippen molar-refractivity contribution in [3.05, 3.63) is 35.6 Å². The third kappa shape index (κ3) is 4.57. The van der Waals surface area contributed by atoms with Crippen molar-refractivity contribution in [2.24, 2.45) is 0 Å². The minimum atomic E-state index is -0.243. The second-order valence-electron chi connectivity index (χ2n) is 4.09. The van der Waals surface area contributed by atoms with Gasteiger partial charge in [-0.2, -0.15) is 0 Å². The fourth-order valence-corrected chi connectivity index (χ4v) is 3.21. The molecule has 1 amide bonds. The first-order valence-corrected chi connectivity index (χ1v) is 7.98. The van der Waals surface area contributed by atoms with Crippen LogP contribution in [0.15, 0.2) is 28.6 Å². The molecule has 0 unspecified atom stereocenters. The highest BCUT2D eigenvalue weighted by atomic mass is 32.2. The van der Waals surface area contributed by atoms with E-state index in [9.17, 15) is 9.18 Å². The molecular weight excluding hydrogens is 297 g/mol. The molecular formula is C13H14FN3OS2. The molecule has 1 aromatic heterocycles. The van der Waals surface area contributed by atoms with Gasteiger partial charge in [0.2, 0.25) is 11.0 Å². The molecule has 0 atom stereocenters. The molecule has 0 radical (unpaired) electrons. The molecule has 2 aromatic rings. The summed E-state index contributed by atoms with van der Waals surface area (Å²) in [6.45, 7) is 1.94. The van der Waals surface area contributed by atoms with E-state index in [-0.39, 0.29) is 11.7 Å². The summed E-state index contributed by atoms with van der Waals surface area (Å²) in [5, 5.41) is 11.1. The van der Waals surface area contributed by atoms with Crippen molar-refractivity contribution in [1.82, 2.24) is 10.2 Å². The first-order chi connectivity index (χ1) is 9.67. The maximum atomic E-state index is 13.0. The van der Waals surface area contributed by atoms with Gasteiger partial charge in [0.15, 0.2) is 4.34 Å². The maximum Gasteiger partial charge on any atom is 0.226 e. The number of nitrogens with one attached hydrogen (secondary N) is 1. The van der Waals surface area contributed by atoms with Crippen LogP contribution in [-0.2, 0) is 10.5 Å². The number of rotatable bonds is 6. The molecule has 0 bridgehead atoms. The van der Waals surface area contributed by atoms with Crippen molar-refractivity contribution in [3.63, 3.8) is 0 Å². The van der Waals surface area contributed by atoms with Crippen molar-refractivity contribution < 1.29 is 9.18 Å². The Kier molecular flexibility index (Phi) is 5.49. The van der Waals surface area contributed by atoms with E-state index < -0.39 is 0 Å². The van der Waals surface area contributed by atoms with E-state index in [0.717, 1.165) is 16.3 Å². The van der Waals surface area contributed by atoms with E-state index >= 15 is 0 Å². The lowest BCUT2D eigenvalue weighted by Gasteiger charge is -1.98. The summed E-state index contributed by atoms with van der Waals surface area (Å²) in [7, 11) is 0. The minimum absolute atomic E-state index is 0.0506. The molecule has 1 heterocycles. The van der Waals surface area contributed by atoms with Crippen LogP contribution in [0.3, 0.4) is 0 Å². The van der Waals surface area contributed by atoms with Gasteiger partial charge < -0.3 is 5.32 Å². The van der Waals surface area contributed by atoms with Crippen LogP contribution < -0.4 is 5.32 Å². The Labute approximate surface area is 124 Å². The number of anilines is 1. The fraction of sp³-hybridized carbons (Fsp3) is 0.308. The number of carbonyl (C=O) groups is 1. The van der Waals surface area contributed by atoms with Gasteiger partial charge in [0.05, 0.1) is 0 Å². The van der Waals surface area contributed by atoms with Crippen LogP contribution in [0.1, 0.15) is 25.3 Å². The standard InChI is InChI=1S/C13H14FN3OS2/c1-2-4-11(18)15-12-16-17-13(20-12)19-8-9-5-3-6-10(14)7-9/h3,5-7H,2,4,8H2,1H3,(H,15,16,18). The maximum absolute atomic E-state index is 13.0. The number of hydrogen-bond acceptors (Lipinski definition) is 5. The average molecular weight is 311 g/mol. The van der Waals surface area contributed by atoms with Gasteiger partial charge in [-0.3, -0.25) is 4.79 Å². The number of benzene rings is 1. The van der Waals surface area contributed by atoms with E-state index in [2.05, 4.69) is 15.5 Å². The van der Waals surface area contributed by atoms with Crippen LogP contribution in [-0.4, -0.2) is 16.1 Å². The number of nitrogens with zero attached hydrogens (tertiary/aromatic N) is 2. The highest BCUT2D eigenvalue weighted by Crippen LogP contribution is 2.28. The summed E-state index contributed by atoms with van der Waals surface area (Å²) in [5.41, 5.74) is 0.891. The Hall–Kier alpha value is -1.47. The van der Waals surface area contributed by atoms with Gasteiger partial charge in [-0.05, 0) is 24.1 Å². The molecule has 0 fully saturated rings. The van der Waals surface area contributed by atoms with Gasteiger partial charge in [-0.25, -0.2) is 4.39 Å². The zero-order chi connectivity index (χ0) is 14.4. The lowest BCUT2D eigenvalue weighted by molar-refractivity contribution is -0.116. The van der Waals surface area contributed by atoms with Gasteiger partial charge in [-0.1, -0.05) is 42.2 Å². The molecule has 0 aliphatic rings. The van der Waals surface area contributed by atoms with E-state index in [1.165, 1.54) is 35.2 Å². The fourth-order valence-electron chi connectivity index (χ4n) is 1.50. The van der Waals surface area contributed by atoms with Crippen LogP contribution in [0, 0.1) is 5.82 Å². The number of halogens is 1. The van der Waals surface area contributed by atoms with Crippen molar-refractivity contribution in [2.75, 3.05) is 5.32 Å². The molecule has 1 aromatic carbocycles. The molecule has 106 valence electrons. The molecule has 1 N–H and O–H groups in total. The first kappa shape index (κ1) is 14.9. The Morgan fingerprint density at radius 1 is 1.45 bits per heavy atom. The van der Waals surface area contributed by atoms with Gasteiger partial charge in [-0.15, -0.1) is 10.2 Å². The number of carbonyl (C=O) groups excluding carboxylic acids is 1. The SMILES string of the molecule is CCCC(=O)Nc1nnc(SCc2cccc(F)c2)s1. The van der Waals surface area contributed by atoms with Crippen LogP contribution >= 0.6 is 23.1 Å². The third-order valence-electron chi connectivity index (χ3n) is 2.38. The van der Waals surface area contributed by atoms with Gasteiger partial charge >= 0.3 is 0 Å². The Balaban J connectivity index is 1.88. The van der Waals surface area contributed by atoms with Gasteiger partial charge in [0.1, 0.15) is 5.82 Å². The van der Waals surface area contributed by atoms with E-state index in [1.54, 1.807) is 6.07 Å². The summed E-state index contributed by atoms with van der Waals surface area (Å²) >= 11 is 2.80. The monoisotopic (exact) mass is 311 g/mol. The lowest BCUT2D eigenvalue weighted by Crippen LogP contribution is -2.10. The molecule has 20 heavy (non-hydrogen) atoms. The van der Waals surface area contributed by atoms with E-state index in [4.69, 9.17) is 0 Å². The summed E-state index contributed by atoms with van der Waals surface area (Å²) in [6, 6.07) is 6.46. The Bertz CT molecular complexity index is 589. The third-order valence-corrected chi connectivity index (χ3v) is 4.42. The van der Waals surface area contributed by atoms with Gasteiger partial charge in [0.25, 0.3) is 0 Å². The van der Waals surface area contributed by atoms with Crippen molar-refractivity contribution in [3.8, 4) is 0 Å². The summed E-state index contributed by atoms with van der Waals surface area (Å²) < 4.78 is 13.8. The molecule has 7 heteroatoms. The molecule has 0 aliphatic carbocycles. The quantitative estimate of drug-likeness (QED) is 0.653. The molecule has 0 spiro atoms. The second-order valence-corrected chi connectivity index (χ2v) is 6.29. The summed E-state index contributed by atoms with van der Waals surface area (Å²) in [5.74, 6) is 0.327. The highest BCUT2D eigenvalue weighted by Gasteiger charge is 2.08. The zero-order valence-corrected chi connectivity index (χ0v) is 12.6.